The lowest BCUT2D eigenvalue weighted by molar-refractivity contribution is -0.111. The number of nitrogens with one attached hydrogen (secondary N) is 1. The quantitative estimate of drug-likeness (QED) is 0.484. The number of anilines is 1. The Morgan fingerprint density at radius 3 is 2.39 bits per heavy atom. The van der Waals surface area contributed by atoms with Crippen LogP contribution in [0.15, 0.2) is 78.9 Å². The Bertz CT molecular complexity index is 1030. The number of carbonyl (C=O) groups is 1. The van der Waals surface area contributed by atoms with E-state index in [4.69, 9.17) is 0 Å². The molecule has 0 unspecified atom stereocenters. The fourth-order valence-electron chi connectivity index (χ4n) is 3.99. The standard InChI is InChI=1S/C28H30N2O/c1-22-8-13-25(14-9-22)26-7-5-6-23(20-26)12-17-28(31)29-27-15-10-24(11-16-27)21-30-18-3-2-4-19-30/h5-17,20H,2-4,18-19,21H2,1H3,(H,29,31). The van der Waals surface area contributed by atoms with Crippen molar-refractivity contribution in [3.63, 3.8) is 0 Å². The van der Waals surface area contributed by atoms with Gasteiger partial charge in [0.1, 0.15) is 0 Å². The molecule has 3 nitrogen and oxygen atoms in total. The average Bonchev–Trinajstić information content (AvgIpc) is 2.80. The number of rotatable bonds is 6. The maximum atomic E-state index is 12.4. The van der Waals surface area contributed by atoms with E-state index in [1.54, 1.807) is 6.08 Å². The average molecular weight is 411 g/mol. The largest absolute Gasteiger partial charge is 0.323 e. The van der Waals surface area contributed by atoms with Crippen LogP contribution in [0.3, 0.4) is 0 Å². The Morgan fingerprint density at radius 2 is 1.65 bits per heavy atom. The van der Waals surface area contributed by atoms with Crippen molar-refractivity contribution in [2.75, 3.05) is 18.4 Å². The predicted molar refractivity (Wildman–Crippen MR) is 130 cm³/mol. The van der Waals surface area contributed by atoms with Crippen molar-refractivity contribution in [2.45, 2.75) is 32.7 Å². The van der Waals surface area contributed by atoms with Crippen LogP contribution in [0.25, 0.3) is 17.2 Å². The molecular weight excluding hydrogens is 380 g/mol. The molecule has 31 heavy (non-hydrogen) atoms. The predicted octanol–water partition coefficient (Wildman–Crippen LogP) is 6.30. The third-order valence-electron chi connectivity index (χ3n) is 5.78. The zero-order chi connectivity index (χ0) is 21.5. The number of nitrogens with zero attached hydrogens (tertiary/aromatic N) is 1. The van der Waals surface area contributed by atoms with Crippen molar-refractivity contribution in [2.24, 2.45) is 0 Å². The van der Waals surface area contributed by atoms with Gasteiger partial charge in [0.15, 0.2) is 0 Å². The number of hydrogen-bond acceptors (Lipinski definition) is 2. The molecule has 1 aliphatic heterocycles. The molecule has 1 heterocycles. The minimum absolute atomic E-state index is 0.121. The second kappa shape index (κ2) is 10.2. The summed E-state index contributed by atoms with van der Waals surface area (Å²) in [7, 11) is 0. The minimum Gasteiger partial charge on any atom is -0.323 e. The third-order valence-corrected chi connectivity index (χ3v) is 5.78. The van der Waals surface area contributed by atoms with Crippen LogP contribution in [0.2, 0.25) is 0 Å². The summed E-state index contributed by atoms with van der Waals surface area (Å²) in [5, 5.41) is 2.96. The fraction of sp³-hybridized carbons (Fsp3) is 0.250. The molecule has 1 aliphatic rings. The van der Waals surface area contributed by atoms with Crippen molar-refractivity contribution in [3.8, 4) is 11.1 Å². The Balaban J connectivity index is 1.34. The van der Waals surface area contributed by atoms with E-state index in [1.165, 1.54) is 49.0 Å². The highest BCUT2D eigenvalue weighted by Crippen LogP contribution is 2.21. The number of hydrogen-bond donors (Lipinski definition) is 1. The van der Waals surface area contributed by atoms with E-state index in [1.807, 2.05) is 30.3 Å². The summed E-state index contributed by atoms with van der Waals surface area (Å²) in [6.07, 6.45) is 7.40. The number of amides is 1. The van der Waals surface area contributed by atoms with Crippen molar-refractivity contribution in [3.05, 3.63) is 95.6 Å². The van der Waals surface area contributed by atoms with Gasteiger partial charge in [0.05, 0.1) is 0 Å². The van der Waals surface area contributed by atoms with E-state index in [0.717, 1.165) is 23.4 Å². The molecule has 1 amide bonds. The number of aryl methyl sites for hydroxylation is 1. The van der Waals surface area contributed by atoms with Crippen LogP contribution >= 0.6 is 0 Å². The van der Waals surface area contributed by atoms with Crippen molar-refractivity contribution in [1.82, 2.24) is 4.90 Å². The van der Waals surface area contributed by atoms with Crippen molar-refractivity contribution >= 4 is 17.7 Å². The van der Waals surface area contributed by atoms with Crippen LogP contribution in [0, 0.1) is 6.92 Å². The molecule has 3 heteroatoms. The van der Waals surface area contributed by atoms with Gasteiger partial charge in [0, 0.05) is 18.3 Å². The first-order chi connectivity index (χ1) is 15.2. The number of piperidine rings is 1. The van der Waals surface area contributed by atoms with Gasteiger partial charge in [-0.15, -0.1) is 0 Å². The fourth-order valence-corrected chi connectivity index (χ4v) is 3.99. The van der Waals surface area contributed by atoms with Crippen molar-refractivity contribution in [1.29, 1.82) is 0 Å². The first kappa shape index (κ1) is 21.1. The van der Waals surface area contributed by atoms with Crippen LogP contribution < -0.4 is 5.32 Å². The summed E-state index contributed by atoms with van der Waals surface area (Å²) in [6, 6.07) is 24.9. The van der Waals surface area contributed by atoms with Crippen LogP contribution in [-0.2, 0) is 11.3 Å². The summed E-state index contributed by atoms with van der Waals surface area (Å²) in [5.41, 5.74) is 6.69. The molecule has 1 N–H and O–H groups in total. The molecule has 0 radical (unpaired) electrons. The van der Waals surface area contributed by atoms with Crippen LogP contribution in [0.4, 0.5) is 5.69 Å². The Morgan fingerprint density at radius 1 is 0.903 bits per heavy atom. The highest BCUT2D eigenvalue weighted by atomic mass is 16.1. The molecule has 0 aliphatic carbocycles. The molecule has 3 aromatic rings. The van der Waals surface area contributed by atoms with Gasteiger partial charge in [-0.25, -0.2) is 0 Å². The SMILES string of the molecule is Cc1ccc(-c2cccc(C=CC(=O)Nc3ccc(CN4CCCCC4)cc3)c2)cc1. The lowest BCUT2D eigenvalue weighted by Crippen LogP contribution is -2.29. The first-order valence-electron chi connectivity index (χ1n) is 11.1. The topological polar surface area (TPSA) is 32.3 Å². The van der Waals surface area contributed by atoms with E-state index < -0.39 is 0 Å². The van der Waals surface area contributed by atoms with Gasteiger partial charge in [0.2, 0.25) is 5.91 Å². The molecule has 3 aromatic carbocycles. The van der Waals surface area contributed by atoms with Gasteiger partial charge in [0.25, 0.3) is 0 Å². The molecule has 4 rings (SSSR count). The normalized spacial score (nSPS) is 14.6. The summed E-state index contributed by atoms with van der Waals surface area (Å²) in [6.45, 7) is 5.46. The summed E-state index contributed by atoms with van der Waals surface area (Å²) in [4.78, 5) is 14.9. The van der Waals surface area contributed by atoms with E-state index in [-0.39, 0.29) is 5.91 Å². The molecular formula is C28H30N2O. The first-order valence-corrected chi connectivity index (χ1v) is 11.1. The molecule has 0 aromatic heterocycles. The Labute approximate surface area is 185 Å². The van der Waals surface area contributed by atoms with Gasteiger partial charge in [-0.2, -0.15) is 0 Å². The van der Waals surface area contributed by atoms with Crippen LogP contribution in [0.1, 0.15) is 36.0 Å². The van der Waals surface area contributed by atoms with Gasteiger partial charge < -0.3 is 5.32 Å². The van der Waals surface area contributed by atoms with E-state index in [2.05, 4.69) is 65.7 Å². The summed E-state index contributed by atoms with van der Waals surface area (Å²) in [5.74, 6) is -0.121. The number of benzene rings is 3. The van der Waals surface area contributed by atoms with Gasteiger partial charge >= 0.3 is 0 Å². The summed E-state index contributed by atoms with van der Waals surface area (Å²) < 4.78 is 0. The molecule has 0 bridgehead atoms. The van der Waals surface area contributed by atoms with Gasteiger partial charge in [-0.3, -0.25) is 9.69 Å². The molecule has 1 saturated heterocycles. The maximum absolute atomic E-state index is 12.4. The Kier molecular flexibility index (Phi) is 6.96. The van der Waals surface area contributed by atoms with E-state index >= 15 is 0 Å². The molecule has 0 atom stereocenters. The molecule has 1 fully saturated rings. The van der Waals surface area contributed by atoms with Crippen LogP contribution in [0.5, 0.6) is 0 Å². The van der Waals surface area contributed by atoms with E-state index in [9.17, 15) is 4.79 Å². The molecule has 158 valence electrons. The maximum Gasteiger partial charge on any atom is 0.248 e. The zero-order valence-electron chi connectivity index (χ0n) is 18.2. The highest BCUT2D eigenvalue weighted by molar-refractivity contribution is 6.02. The third kappa shape index (κ3) is 6.16. The zero-order valence-corrected chi connectivity index (χ0v) is 18.2. The smallest absolute Gasteiger partial charge is 0.248 e. The lowest BCUT2D eigenvalue weighted by Gasteiger charge is -2.26. The van der Waals surface area contributed by atoms with Crippen molar-refractivity contribution < 1.29 is 4.79 Å². The van der Waals surface area contributed by atoms with Crippen LogP contribution in [-0.4, -0.2) is 23.9 Å². The second-order valence-electron chi connectivity index (χ2n) is 8.35. The Hall–Kier alpha value is -3.17. The monoisotopic (exact) mass is 410 g/mol. The second-order valence-corrected chi connectivity index (χ2v) is 8.35. The number of carbonyl (C=O) groups excluding carboxylic acids is 1. The molecule has 0 spiro atoms. The lowest BCUT2D eigenvalue weighted by atomic mass is 10.0. The molecule has 0 saturated carbocycles. The summed E-state index contributed by atoms with van der Waals surface area (Å²) >= 11 is 0. The number of likely N-dealkylation sites (tertiary alicyclic amines) is 1. The van der Waals surface area contributed by atoms with Gasteiger partial charge in [-0.1, -0.05) is 66.6 Å². The highest BCUT2D eigenvalue weighted by Gasteiger charge is 2.10. The minimum atomic E-state index is -0.121. The van der Waals surface area contributed by atoms with E-state index in [0.29, 0.717) is 0 Å². The van der Waals surface area contributed by atoms with Gasteiger partial charge in [-0.05, 0) is 79.4 Å².